The smallest absolute Gasteiger partial charge is 0.271 e. The Morgan fingerprint density at radius 2 is 2.25 bits per heavy atom. The van der Waals surface area contributed by atoms with Gasteiger partial charge in [-0.05, 0) is 0 Å². The molecule has 7 heteroatoms. The third-order valence-corrected chi connectivity index (χ3v) is 3.29. The Balaban J connectivity index is 2.41. The van der Waals surface area contributed by atoms with Crippen molar-refractivity contribution >= 4 is 28.3 Å². The number of nitrogens with one attached hydrogen (secondary N) is 1. The third kappa shape index (κ3) is 4.24. The summed E-state index contributed by atoms with van der Waals surface area (Å²) in [6.45, 7) is 2.20. The zero-order valence-electron chi connectivity index (χ0n) is 8.77. The predicted molar refractivity (Wildman–Crippen MR) is 62.9 cm³/mol. The van der Waals surface area contributed by atoms with Crippen molar-refractivity contribution in [3.05, 3.63) is 23.2 Å². The Morgan fingerprint density at radius 1 is 1.50 bits per heavy atom. The van der Waals surface area contributed by atoms with Crippen LogP contribution in [0.4, 0.5) is 0 Å². The summed E-state index contributed by atoms with van der Waals surface area (Å²) in [5.74, 6) is 0.706. The summed E-state index contributed by atoms with van der Waals surface area (Å²) in [7, 11) is -0.875. The van der Waals surface area contributed by atoms with Gasteiger partial charge in [0.15, 0.2) is 0 Å². The molecule has 1 N–H and O–H groups in total. The molecule has 16 heavy (non-hydrogen) atoms. The molecule has 1 aromatic rings. The van der Waals surface area contributed by atoms with Crippen LogP contribution in [0.5, 0.6) is 0 Å². The highest BCUT2D eigenvalue weighted by Crippen LogP contribution is 2.00. The van der Waals surface area contributed by atoms with Gasteiger partial charge in [-0.1, -0.05) is 18.5 Å². The molecule has 5 nitrogen and oxygen atoms in total. The van der Waals surface area contributed by atoms with Gasteiger partial charge in [-0.3, -0.25) is 9.00 Å². The average molecular weight is 262 g/mol. The van der Waals surface area contributed by atoms with Gasteiger partial charge < -0.3 is 5.32 Å². The van der Waals surface area contributed by atoms with Crippen molar-refractivity contribution in [2.24, 2.45) is 0 Å². The topological polar surface area (TPSA) is 72.0 Å². The van der Waals surface area contributed by atoms with E-state index >= 15 is 0 Å². The molecule has 0 saturated carbocycles. The van der Waals surface area contributed by atoms with Crippen LogP contribution in [-0.4, -0.2) is 38.1 Å². The van der Waals surface area contributed by atoms with E-state index in [0.717, 1.165) is 0 Å². The van der Waals surface area contributed by atoms with Crippen LogP contribution < -0.4 is 5.32 Å². The number of hydrogen-bond acceptors (Lipinski definition) is 4. The fourth-order valence-electron chi connectivity index (χ4n) is 0.943. The molecule has 1 unspecified atom stereocenters. The first kappa shape index (κ1) is 13.1. The largest absolute Gasteiger partial charge is 0.350 e. The van der Waals surface area contributed by atoms with Crippen molar-refractivity contribution in [3.63, 3.8) is 0 Å². The van der Waals surface area contributed by atoms with Gasteiger partial charge in [0.2, 0.25) is 0 Å². The van der Waals surface area contributed by atoms with E-state index in [0.29, 0.717) is 18.1 Å². The lowest BCUT2D eigenvalue weighted by Crippen LogP contribution is -2.28. The van der Waals surface area contributed by atoms with Crippen LogP contribution in [0.2, 0.25) is 5.15 Å². The van der Waals surface area contributed by atoms with Crippen molar-refractivity contribution in [2.45, 2.75) is 6.92 Å². The molecular weight excluding hydrogens is 250 g/mol. The Hall–Kier alpha value is -1.01. The molecule has 0 radical (unpaired) electrons. The molecule has 1 rings (SSSR count). The van der Waals surface area contributed by atoms with Crippen LogP contribution in [0.25, 0.3) is 0 Å². The maximum absolute atomic E-state index is 11.5. The fourth-order valence-corrected chi connectivity index (χ4v) is 1.66. The van der Waals surface area contributed by atoms with Crippen LogP contribution in [0, 0.1) is 0 Å². The number of nitrogens with zero attached hydrogens (tertiary/aromatic N) is 2. The summed E-state index contributed by atoms with van der Waals surface area (Å²) in [4.78, 5) is 19.0. The number of amides is 1. The Labute approximate surface area is 101 Å². The highest BCUT2D eigenvalue weighted by molar-refractivity contribution is 7.84. The molecule has 0 fully saturated rings. The molecule has 1 aromatic heterocycles. The van der Waals surface area contributed by atoms with E-state index in [1.54, 1.807) is 0 Å². The maximum atomic E-state index is 11.5. The first-order valence-corrected chi connectivity index (χ1v) is 6.60. The van der Waals surface area contributed by atoms with Gasteiger partial charge in [0.25, 0.3) is 5.91 Å². The van der Waals surface area contributed by atoms with E-state index in [9.17, 15) is 9.00 Å². The first-order chi connectivity index (χ1) is 7.63. The second-order valence-corrected chi connectivity index (χ2v) is 5.17. The maximum Gasteiger partial charge on any atom is 0.271 e. The van der Waals surface area contributed by atoms with Crippen LogP contribution in [0.15, 0.2) is 12.4 Å². The lowest BCUT2D eigenvalue weighted by Gasteiger charge is -2.03. The number of aromatic nitrogens is 2. The number of hydrogen-bond donors (Lipinski definition) is 1. The van der Waals surface area contributed by atoms with E-state index < -0.39 is 10.8 Å². The van der Waals surface area contributed by atoms with E-state index in [1.165, 1.54) is 12.4 Å². The molecule has 88 valence electrons. The summed E-state index contributed by atoms with van der Waals surface area (Å²) in [5, 5.41) is 2.85. The van der Waals surface area contributed by atoms with E-state index in [2.05, 4.69) is 15.3 Å². The molecule has 1 atom stereocenters. The number of carbonyl (C=O) groups is 1. The Bertz CT molecular complexity index is 383. The van der Waals surface area contributed by atoms with Gasteiger partial charge in [-0.15, -0.1) is 0 Å². The fraction of sp³-hybridized carbons (Fsp3) is 0.444. The second kappa shape index (κ2) is 6.55. The molecule has 0 aliphatic rings. The van der Waals surface area contributed by atoms with Crippen molar-refractivity contribution in [3.8, 4) is 0 Å². The predicted octanol–water partition coefficient (Wildman–Crippen LogP) is 0.628. The molecule has 0 aliphatic heterocycles. The highest BCUT2D eigenvalue weighted by Gasteiger charge is 2.07. The summed E-state index contributed by atoms with van der Waals surface area (Å²) >= 11 is 5.54. The molecular formula is C9H12ClN3O2S. The minimum atomic E-state index is -0.875. The lowest BCUT2D eigenvalue weighted by molar-refractivity contribution is 0.0951. The van der Waals surface area contributed by atoms with Crippen LogP contribution in [0.3, 0.4) is 0 Å². The first-order valence-electron chi connectivity index (χ1n) is 4.74. The number of rotatable bonds is 5. The van der Waals surface area contributed by atoms with Gasteiger partial charge in [0.05, 0.1) is 12.4 Å². The van der Waals surface area contributed by atoms with Gasteiger partial charge in [-0.2, -0.15) is 0 Å². The average Bonchev–Trinajstić information content (AvgIpc) is 2.29. The quantitative estimate of drug-likeness (QED) is 0.844. The molecule has 0 saturated heterocycles. The SMILES string of the molecule is CCS(=O)CCNC(=O)c1cnc(Cl)cn1. The van der Waals surface area contributed by atoms with Crippen LogP contribution in [-0.2, 0) is 10.8 Å². The van der Waals surface area contributed by atoms with Crippen molar-refractivity contribution in [1.29, 1.82) is 0 Å². The van der Waals surface area contributed by atoms with Crippen molar-refractivity contribution < 1.29 is 9.00 Å². The minimum absolute atomic E-state index is 0.201. The van der Waals surface area contributed by atoms with E-state index in [1.807, 2.05) is 6.92 Å². The van der Waals surface area contributed by atoms with Crippen molar-refractivity contribution in [1.82, 2.24) is 15.3 Å². The number of carbonyl (C=O) groups excluding carboxylic acids is 1. The van der Waals surface area contributed by atoms with Crippen LogP contribution in [0.1, 0.15) is 17.4 Å². The zero-order valence-corrected chi connectivity index (χ0v) is 10.3. The second-order valence-electron chi connectivity index (χ2n) is 2.91. The molecule has 0 bridgehead atoms. The Morgan fingerprint density at radius 3 is 2.81 bits per heavy atom. The summed E-state index contributed by atoms with van der Waals surface area (Å²) in [6, 6.07) is 0. The molecule has 0 spiro atoms. The Kier molecular flexibility index (Phi) is 5.34. The highest BCUT2D eigenvalue weighted by atomic mass is 35.5. The normalized spacial score (nSPS) is 12.1. The van der Waals surface area contributed by atoms with E-state index in [-0.39, 0.29) is 16.8 Å². The summed E-state index contributed by atoms with van der Waals surface area (Å²) in [5.41, 5.74) is 0.201. The van der Waals surface area contributed by atoms with Crippen LogP contribution >= 0.6 is 11.6 Å². The lowest BCUT2D eigenvalue weighted by atomic mass is 10.4. The van der Waals surface area contributed by atoms with Gasteiger partial charge >= 0.3 is 0 Å². The van der Waals surface area contributed by atoms with Gasteiger partial charge in [-0.25, -0.2) is 9.97 Å². The third-order valence-electron chi connectivity index (χ3n) is 1.79. The van der Waals surface area contributed by atoms with Gasteiger partial charge in [0.1, 0.15) is 10.8 Å². The monoisotopic (exact) mass is 261 g/mol. The van der Waals surface area contributed by atoms with Gasteiger partial charge in [0, 0.05) is 28.9 Å². The minimum Gasteiger partial charge on any atom is -0.350 e. The number of halogens is 1. The zero-order chi connectivity index (χ0) is 12.0. The molecule has 0 aromatic carbocycles. The van der Waals surface area contributed by atoms with Crippen molar-refractivity contribution in [2.75, 3.05) is 18.1 Å². The summed E-state index contributed by atoms with van der Waals surface area (Å²) in [6.07, 6.45) is 2.61. The molecule has 0 aliphatic carbocycles. The molecule has 1 amide bonds. The van der Waals surface area contributed by atoms with E-state index in [4.69, 9.17) is 11.6 Å². The molecule has 1 heterocycles. The summed E-state index contributed by atoms with van der Waals surface area (Å²) < 4.78 is 11.1. The standard InChI is InChI=1S/C9H12ClN3O2S/c1-2-16(15)4-3-11-9(14)7-5-13-8(10)6-12-7/h5-6H,2-4H2,1H3,(H,11,14).